The minimum absolute atomic E-state index is 0.184. The van der Waals surface area contributed by atoms with Crippen LogP contribution in [0.2, 0.25) is 0 Å². The molecule has 3 aliphatic rings. The minimum Gasteiger partial charge on any atom is -0.369 e. The molecule has 1 aromatic carbocycles. The Kier molecular flexibility index (Phi) is 5.85. The van der Waals surface area contributed by atoms with Crippen molar-refractivity contribution in [3.63, 3.8) is 0 Å². The van der Waals surface area contributed by atoms with Crippen LogP contribution in [0.3, 0.4) is 0 Å². The highest BCUT2D eigenvalue weighted by Gasteiger charge is 2.35. The molecule has 0 bridgehead atoms. The van der Waals surface area contributed by atoms with Crippen molar-refractivity contribution >= 4 is 23.4 Å². The third-order valence-corrected chi connectivity index (χ3v) is 6.58. The Morgan fingerprint density at radius 2 is 1.79 bits per heavy atom. The number of fused-ring (bicyclic) bond motifs is 1. The zero-order valence-electron chi connectivity index (χ0n) is 16.9. The molecule has 0 aliphatic carbocycles. The first-order chi connectivity index (χ1) is 14.0. The maximum atomic E-state index is 12.7. The average molecular weight is 399 g/mol. The summed E-state index contributed by atoms with van der Waals surface area (Å²) in [7, 11) is 0. The zero-order chi connectivity index (χ0) is 20.4. The number of carbonyl (C=O) groups excluding carboxylic acids is 3. The Hall–Kier alpha value is -2.41. The smallest absolute Gasteiger partial charge is 0.241 e. The van der Waals surface area contributed by atoms with Crippen molar-refractivity contribution in [1.82, 2.24) is 9.80 Å². The number of primary amides is 1. The van der Waals surface area contributed by atoms with Gasteiger partial charge in [0.05, 0.1) is 0 Å². The molecule has 3 heterocycles. The Morgan fingerprint density at radius 3 is 2.48 bits per heavy atom. The first-order valence-corrected chi connectivity index (χ1v) is 10.8. The summed E-state index contributed by atoms with van der Waals surface area (Å²) in [6.07, 6.45) is 7.13. The van der Waals surface area contributed by atoms with Crippen molar-refractivity contribution in [2.24, 2.45) is 5.73 Å². The summed E-state index contributed by atoms with van der Waals surface area (Å²) >= 11 is 0. The normalized spacial score (nSPS) is 23.0. The van der Waals surface area contributed by atoms with Gasteiger partial charge in [0.25, 0.3) is 0 Å². The van der Waals surface area contributed by atoms with Crippen molar-refractivity contribution in [3.05, 3.63) is 29.3 Å². The van der Waals surface area contributed by atoms with E-state index in [0.29, 0.717) is 30.1 Å². The summed E-state index contributed by atoms with van der Waals surface area (Å²) < 4.78 is 0. The van der Waals surface area contributed by atoms with Crippen LogP contribution in [-0.2, 0) is 20.8 Å². The molecule has 3 aliphatic heterocycles. The monoisotopic (exact) mass is 398 g/mol. The second kappa shape index (κ2) is 8.53. The molecule has 0 saturated carbocycles. The number of hydrogen-bond donors (Lipinski definition) is 2. The van der Waals surface area contributed by atoms with Gasteiger partial charge in [-0.1, -0.05) is 18.6 Å². The number of carbonyl (C=O) groups is 3. The number of aryl methyl sites for hydroxylation is 1. The molecular weight excluding hydrogens is 368 g/mol. The number of piperidine rings is 2. The number of rotatable bonds is 5. The van der Waals surface area contributed by atoms with Crippen LogP contribution in [-0.4, -0.2) is 59.7 Å². The van der Waals surface area contributed by atoms with Gasteiger partial charge in [0.2, 0.25) is 17.7 Å². The number of nitrogens with two attached hydrogens (primary N) is 1. The molecule has 7 heteroatoms. The fraction of sp³-hybridized carbons (Fsp3) is 0.591. The lowest BCUT2D eigenvalue weighted by Gasteiger charge is -2.40. The van der Waals surface area contributed by atoms with E-state index in [1.54, 1.807) is 6.07 Å². The summed E-state index contributed by atoms with van der Waals surface area (Å²) in [5.74, 6) is -1.78. The molecule has 3 N–H and O–H groups in total. The number of benzene rings is 1. The lowest BCUT2D eigenvalue weighted by molar-refractivity contribution is -0.133. The predicted molar refractivity (Wildman–Crippen MR) is 110 cm³/mol. The molecule has 2 fully saturated rings. The van der Waals surface area contributed by atoms with Gasteiger partial charge >= 0.3 is 0 Å². The van der Waals surface area contributed by atoms with Gasteiger partial charge in [0.15, 0.2) is 0 Å². The Bertz CT molecular complexity index is 795. The highest BCUT2D eigenvalue weighted by molar-refractivity contribution is 6.15. The molecule has 1 atom stereocenters. The molecule has 2 saturated heterocycles. The van der Waals surface area contributed by atoms with Gasteiger partial charge in [-0.2, -0.15) is 0 Å². The molecular formula is C22H30N4O3. The molecule has 29 heavy (non-hydrogen) atoms. The summed E-state index contributed by atoms with van der Waals surface area (Å²) in [5, 5.41) is 2.68. The van der Waals surface area contributed by atoms with Gasteiger partial charge in [-0.3, -0.25) is 14.4 Å². The number of anilines is 1. The van der Waals surface area contributed by atoms with E-state index >= 15 is 0 Å². The van der Waals surface area contributed by atoms with Crippen LogP contribution in [0, 0.1) is 0 Å². The van der Waals surface area contributed by atoms with Crippen molar-refractivity contribution in [3.8, 4) is 0 Å². The van der Waals surface area contributed by atoms with Gasteiger partial charge in [0.1, 0.15) is 5.92 Å². The van der Waals surface area contributed by atoms with E-state index in [9.17, 15) is 14.4 Å². The second-order valence-electron chi connectivity index (χ2n) is 8.45. The second-order valence-corrected chi connectivity index (χ2v) is 8.45. The van der Waals surface area contributed by atoms with Crippen molar-refractivity contribution in [2.75, 3.05) is 31.5 Å². The molecule has 4 rings (SSSR count). The van der Waals surface area contributed by atoms with Crippen LogP contribution < -0.4 is 11.1 Å². The molecule has 156 valence electrons. The van der Waals surface area contributed by atoms with E-state index in [-0.39, 0.29) is 11.8 Å². The Morgan fingerprint density at radius 1 is 1.07 bits per heavy atom. The fourth-order valence-corrected chi connectivity index (χ4v) is 4.92. The van der Waals surface area contributed by atoms with Crippen LogP contribution in [0.5, 0.6) is 0 Å². The van der Waals surface area contributed by atoms with Crippen molar-refractivity contribution < 1.29 is 14.4 Å². The molecule has 0 radical (unpaired) electrons. The number of likely N-dealkylation sites (tertiary alicyclic amines) is 2. The van der Waals surface area contributed by atoms with Crippen molar-refractivity contribution in [2.45, 2.75) is 56.9 Å². The molecule has 1 unspecified atom stereocenters. The van der Waals surface area contributed by atoms with Crippen LogP contribution >= 0.6 is 0 Å². The van der Waals surface area contributed by atoms with E-state index in [4.69, 9.17) is 5.73 Å². The molecule has 3 amide bonds. The number of hydrogen-bond acceptors (Lipinski definition) is 4. The highest BCUT2D eigenvalue weighted by atomic mass is 16.2. The van der Waals surface area contributed by atoms with E-state index in [1.807, 2.05) is 17.0 Å². The molecule has 7 nitrogen and oxygen atoms in total. The lowest BCUT2D eigenvalue weighted by Crippen LogP contribution is -2.48. The van der Waals surface area contributed by atoms with E-state index < -0.39 is 11.8 Å². The summed E-state index contributed by atoms with van der Waals surface area (Å²) in [5.41, 5.74) is 7.57. The summed E-state index contributed by atoms with van der Waals surface area (Å²) in [6.45, 7) is 4.10. The zero-order valence-corrected chi connectivity index (χ0v) is 16.9. The van der Waals surface area contributed by atoms with Crippen molar-refractivity contribution in [1.29, 1.82) is 0 Å². The van der Waals surface area contributed by atoms with Crippen LogP contribution in [0.4, 0.5) is 5.69 Å². The van der Waals surface area contributed by atoms with Gasteiger partial charge < -0.3 is 20.9 Å². The van der Waals surface area contributed by atoms with E-state index in [1.165, 1.54) is 32.4 Å². The third-order valence-electron chi connectivity index (χ3n) is 6.58. The molecule has 0 aromatic heterocycles. The topological polar surface area (TPSA) is 95.7 Å². The van der Waals surface area contributed by atoms with E-state index in [0.717, 1.165) is 31.5 Å². The maximum Gasteiger partial charge on any atom is 0.241 e. The van der Waals surface area contributed by atoms with Gasteiger partial charge in [-0.05, 0) is 62.4 Å². The van der Waals surface area contributed by atoms with Crippen LogP contribution in [0.15, 0.2) is 18.2 Å². The highest BCUT2D eigenvalue weighted by Crippen LogP contribution is 2.33. The van der Waals surface area contributed by atoms with Gasteiger partial charge in [-0.25, -0.2) is 0 Å². The number of amides is 3. The minimum atomic E-state index is -0.936. The quantitative estimate of drug-likeness (QED) is 0.737. The predicted octanol–water partition coefficient (Wildman–Crippen LogP) is 1.62. The Labute approximate surface area is 171 Å². The summed E-state index contributed by atoms with van der Waals surface area (Å²) in [6, 6.07) is 6.16. The summed E-state index contributed by atoms with van der Waals surface area (Å²) in [4.78, 5) is 40.8. The number of nitrogens with one attached hydrogen (secondary N) is 1. The van der Waals surface area contributed by atoms with Gasteiger partial charge in [-0.15, -0.1) is 0 Å². The lowest BCUT2D eigenvalue weighted by atomic mass is 9.96. The Balaban J connectivity index is 1.29. The number of nitrogens with zero attached hydrogens (tertiary/aromatic N) is 2. The molecule has 0 spiro atoms. The first-order valence-electron chi connectivity index (χ1n) is 10.8. The van der Waals surface area contributed by atoms with Crippen LogP contribution in [0.1, 0.15) is 55.6 Å². The van der Waals surface area contributed by atoms with Gasteiger partial charge in [0, 0.05) is 31.2 Å². The molecule has 1 aromatic rings. The fourth-order valence-electron chi connectivity index (χ4n) is 4.92. The van der Waals surface area contributed by atoms with Crippen LogP contribution in [0.25, 0.3) is 0 Å². The maximum absolute atomic E-state index is 12.7. The third kappa shape index (κ3) is 4.29. The first kappa shape index (κ1) is 19.9. The van der Waals surface area contributed by atoms with E-state index in [2.05, 4.69) is 10.2 Å². The largest absolute Gasteiger partial charge is 0.369 e. The standard InChI is InChI=1S/C22H30N4O3/c23-21(28)20-17-14-15(4-6-18(17)24-22(20)29)5-7-19(27)26-12-8-16(9-13-26)25-10-2-1-3-11-25/h4,6,14,16,20H,1-3,5,7-13H2,(H2,23,28)(H,24,29). The SMILES string of the molecule is NC(=O)C1C(=O)Nc2ccc(CCC(=O)N3CCC(N4CCCCC4)CC3)cc21. The average Bonchev–Trinajstić information content (AvgIpc) is 3.08.